The quantitative estimate of drug-likeness (QED) is 0.251. The van der Waals surface area contributed by atoms with Gasteiger partial charge in [0.05, 0.1) is 30.4 Å². The van der Waals surface area contributed by atoms with Gasteiger partial charge in [0.25, 0.3) is 11.7 Å². The van der Waals surface area contributed by atoms with Gasteiger partial charge < -0.3 is 14.6 Å². The van der Waals surface area contributed by atoms with Crippen molar-refractivity contribution in [2.75, 3.05) is 18.6 Å². The van der Waals surface area contributed by atoms with Gasteiger partial charge in [-0.25, -0.2) is 4.39 Å². The molecule has 1 heterocycles. The lowest BCUT2D eigenvalue weighted by Gasteiger charge is -2.26. The fourth-order valence-electron chi connectivity index (χ4n) is 4.03. The number of halogens is 2. The zero-order valence-electron chi connectivity index (χ0n) is 19.1. The number of hydrogen-bond donors (Lipinski definition) is 1. The fraction of sp³-hybridized carbons (Fsp3) is 0.185. The highest BCUT2D eigenvalue weighted by Crippen LogP contribution is 2.45. The molecule has 1 aliphatic heterocycles. The largest absolute Gasteiger partial charge is 0.507 e. The molecule has 1 unspecified atom stereocenters. The first-order valence-corrected chi connectivity index (χ1v) is 11.4. The van der Waals surface area contributed by atoms with Crippen molar-refractivity contribution >= 4 is 34.7 Å². The van der Waals surface area contributed by atoms with Crippen LogP contribution >= 0.6 is 11.6 Å². The van der Waals surface area contributed by atoms with Crippen molar-refractivity contribution in [3.05, 3.63) is 94.3 Å². The number of anilines is 1. The topological polar surface area (TPSA) is 76.1 Å². The van der Waals surface area contributed by atoms with Gasteiger partial charge in [-0.15, -0.1) is 0 Å². The van der Waals surface area contributed by atoms with E-state index in [9.17, 15) is 19.1 Å². The van der Waals surface area contributed by atoms with Crippen molar-refractivity contribution in [1.82, 2.24) is 0 Å². The van der Waals surface area contributed by atoms with Crippen LogP contribution in [0, 0.1) is 5.82 Å². The van der Waals surface area contributed by atoms with E-state index < -0.39 is 23.5 Å². The van der Waals surface area contributed by atoms with Crippen molar-refractivity contribution in [1.29, 1.82) is 0 Å². The molecule has 3 aromatic rings. The molecular formula is C27H23ClFNO5. The third-order valence-electron chi connectivity index (χ3n) is 5.64. The predicted molar refractivity (Wildman–Crippen MR) is 131 cm³/mol. The molecule has 0 spiro atoms. The van der Waals surface area contributed by atoms with Crippen LogP contribution < -0.4 is 14.4 Å². The summed E-state index contributed by atoms with van der Waals surface area (Å²) in [6, 6.07) is 16.2. The van der Waals surface area contributed by atoms with Crippen LogP contribution in [-0.2, 0) is 9.59 Å². The lowest BCUT2D eigenvalue weighted by Crippen LogP contribution is -2.29. The van der Waals surface area contributed by atoms with E-state index in [0.29, 0.717) is 29.2 Å². The van der Waals surface area contributed by atoms with E-state index in [4.69, 9.17) is 21.1 Å². The smallest absolute Gasteiger partial charge is 0.300 e. The summed E-state index contributed by atoms with van der Waals surface area (Å²) in [6.07, 6.45) is 0.801. The number of Topliss-reactive ketones (excluding diaryl/α,β-unsaturated/α-hetero) is 1. The number of aliphatic hydroxyl groups excluding tert-OH is 1. The number of nitrogens with zero attached hydrogens (tertiary/aromatic N) is 1. The SMILES string of the molecule is CCCOc1cccc(/C(O)=C2\C(=O)C(=O)N(c3ccc(F)c(Cl)c3)C2c2ccccc2OC)c1. The molecule has 3 aromatic carbocycles. The van der Waals surface area contributed by atoms with Crippen molar-refractivity contribution in [2.45, 2.75) is 19.4 Å². The Hall–Kier alpha value is -3.84. The second kappa shape index (κ2) is 10.2. The third-order valence-corrected chi connectivity index (χ3v) is 5.93. The molecule has 180 valence electrons. The Morgan fingerprint density at radius 1 is 1.09 bits per heavy atom. The van der Waals surface area contributed by atoms with Crippen LogP contribution in [0.1, 0.15) is 30.5 Å². The molecule has 0 radical (unpaired) electrons. The van der Waals surface area contributed by atoms with E-state index in [1.807, 2.05) is 6.92 Å². The molecule has 1 N–H and O–H groups in total. The predicted octanol–water partition coefficient (Wildman–Crippen LogP) is 5.90. The standard InChI is InChI=1S/C27H23ClFNO5/c1-3-13-35-18-8-6-7-16(14-18)25(31)23-24(19-9-4-5-10-22(19)34-2)30(27(33)26(23)32)17-11-12-21(29)20(28)15-17/h4-12,14-15,24,31H,3,13H2,1-2H3/b25-23+. The van der Waals surface area contributed by atoms with Crippen LogP contribution in [-0.4, -0.2) is 30.5 Å². The van der Waals surface area contributed by atoms with Crippen molar-refractivity contribution in [3.63, 3.8) is 0 Å². The molecule has 0 aromatic heterocycles. The van der Waals surface area contributed by atoms with Crippen LogP contribution in [0.3, 0.4) is 0 Å². The summed E-state index contributed by atoms with van der Waals surface area (Å²) >= 11 is 5.98. The van der Waals surface area contributed by atoms with E-state index in [-0.39, 0.29) is 22.0 Å². The molecule has 8 heteroatoms. The molecule has 4 rings (SSSR count). The Kier molecular flexibility index (Phi) is 7.07. The highest BCUT2D eigenvalue weighted by Gasteiger charge is 2.48. The van der Waals surface area contributed by atoms with E-state index in [1.165, 1.54) is 24.1 Å². The minimum atomic E-state index is -1.05. The number of rotatable bonds is 7. The molecule has 1 amide bonds. The monoisotopic (exact) mass is 495 g/mol. The number of para-hydroxylation sites is 1. The Bertz CT molecular complexity index is 1320. The molecule has 1 atom stereocenters. The maximum absolute atomic E-state index is 13.9. The Morgan fingerprint density at radius 3 is 2.57 bits per heavy atom. The Morgan fingerprint density at radius 2 is 1.86 bits per heavy atom. The van der Waals surface area contributed by atoms with Crippen LogP contribution in [0.5, 0.6) is 11.5 Å². The van der Waals surface area contributed by atoms with Crippen LogP contribution in [0.25, 0.3) is 5.76 Å². The zero-order chi connectivity index (χ0) is 25.1. The minimum Gasteiger partial charge on any atom is -0.507 e. The van der Waals surface area contributed by atoms with Crippen molar-refractivity contribution in [3.8, 4) is 11.5 Å². The normalized spacial score (nSPS) is 17.0. The first-order valence-electron chi connectivity index (χ1n) is 11.0. The number of hydrogen-bond acceptors (Lipinski definition) is 5. The van der Waals surface area contributed by atoms with E-state index in [2.05, 4.69) is 0 Å². The summed E-state index contributed by atoms with van der Waals surface area (Å²) in [6.45, 7) is 2.46. The lowest BCUT2D eigenvalue weighted by atomic mass is 9.94. The highest BCUT2D eigenvalue weighted by atomic mass is 35.5. The first kappa shape index (κ1) is 24.3. The average Bonchev–Trinajstić information content (AvgIpc) is 3.14. The second-order valence-electron chi connectivity index (χ2n) is 7.89. The lowest BCUT2D eigenvalue weighted by molar-refractivity contribution is -0.132. The molecule has 0 aliphatic carbocycles. The van der Waals surface area contributed by atoms with Gasteiger partial charge in [-0.05, 0) is 42.8 Å². The molecule has 1 fully saturated rings. The summed E-state index contributed by atoms with van der Waals surface area (Å²) in [5, 5.41) is 11.1. The van der Waals surface area contributed by atoms with Gasteiger partial charge in [-0.2, -0.15) is 0 Å². The van der Waals surface area contributed by atoms with Crippen LogP contribution in [0.4, 0.5) is 10.1 Å². The van der Waals surface area contributed by atoms with Gasteiger partial charge in [0, 0.05) is 16.8 Å². The molecule has 1 aliphatic rings. The molecule has 6 nitrogen and oxygen atoms in total. The van der Waals surface area contributed by atoms with E-state index in [1.54, 1.807) is 48.5 Å². The Labute approximate surface area is 207 Å². The van der Waals surface area contributed by atoms with Crippen LogP contribution in [0.2, 0.25) is 5.02 Å². The number of amides is 1. The van der Waals surface area contributed by atoms with Gasteiger partial charge in [0.2, 0.25) is 0 Å². The van der Waals surface area contributed by atoms with E-state index >= 15 is 0 Å². The molecular weight excluding hydrogens is 473 g/mol. The Balaban J connectivity index is 1.94. The highest BCUT2D eigenvalue weighted by molar-refractivity contribution is 6.52. The number of carbonyl (C=O) groups excluding carboxylic acids is 2. The number of carbonyl (C=O) groups is 2. The van der Waals surface area contributed by atoms with Gasteiger partial charge in [0.1, 0.15) is 23.1 Å². The van der Waals surface area contributed by atoms with E-state index in [0.717, 1.165) is 12.5 Å². The van der Waals surface area contributed by atoms with Crippen LogP contribution in [0.15, 0.2) is 72.3 Å². The summed E-state index contributed by atoms with van der Waals surface area (Å²) in [7, 11) is 1.47. The maximum atomic E-state index is 13.9. The second-order valence-corrected chi connectivity index (χ2v) is 8.29. The summed E-state index contributed by atoms with van der Waals surface area (Å²) in [4.78, 5) is 27.8. The fourth-order valence-corrected chi connectivity index (χ4v) is 4.20. The molecule has 1 saturated heterocycles. The van der Waals surface area contributed by atoms with Gasteiger partial charge in [0.15, 0.2) is 0 Å². The number of aliphatic hydroxyl groups is 1. The third kappa shape index (κ3) is 4.59. The number of benzene rings is 3. The number of ketones is 1. The minimum absolute atomic E-state index is 0.132. The summed E-state index contributed by atoms with van der Waals surface area (Å²) < 4.78 is 25.0. The summed E-state index contributed by atoms with van der Waals surface area (Å²) in [5.74, 6) is -1.88. The molecule has 0 bridgehead atoms. The zero-order valence-corrected chi connectivity index (χ0v) is 19.9. The number of methoxy groups -OCH3 is 1. The first-order chi connectivity index (χ1) is 16.9. The average molecular weight is 496 g/mol. The van der Waals surface area contributed by atoms with Gasteiger partial charge in [-0.3, -0.25) is 14.5 Å². The maximum Gasteiger partial charge on any atom is 0.300 e. The van der Waals surface area contributed by atoms with Crippen molar-refractivity contribution in [2.24, 2.45) is 0 Å². The summed E-state index contributed by atoms with van der Waals surface area (Å²) in [5.41, 5.74) is 0.851. The van der Waals surface area contributed by atoms with Gasteiger partial charge >= 0.3 is 0 Å². The van der Waals surface area contributed by atoms with Crippen molar-refractivity contribution < 1.29 is 28.6 Å². The van der Waals surface area contributed by atoms with Gasteiger partial charge in [-0.1, -0.05) is 48.9 Å². The molecule has 35 heavy (non-hydrogen) atoms. The molecule has 0 saturated carbocycles. The number of ether oxygens (including phenoxy) is 2.